The number of nitrogens with one attached hydrogen (secondary N) is 1. The summed E-state index contributed by atoms with van der Waals surface area (Å²) in [7, 11) is 3.83. The average Bonchev–Trinajstić information content (AvgIpc) is 2.19. The molecule has 0 saturated carbocycles. The van der Waals surface area contributed by atoms with Crippen molar-refractivity contribution in [1.82, 2.24) is 9.97 Å². The summed E-state index contributed by atoms with van der Waals surface area (Å²) in [6, 6.07) is 1.85. The molecular weight excluding hydrogens is 200 g/mol. The summed E-state index contributed by atoms with van der Waals surface area (Å²) in [5, 5.41) is 3.18. The zero-order valence-electron chi connectivity index (χ0n) is 8.50. The molecular formula is C9H15ClN4. The van der Waals surface area contributed by atoms with Crippen LogP contribution < -0.4 is 10.2 Å². The molecule has 1 aromatic heterocycles. The van der Waals surface area contributed by atoms with Crippen molar-refractivity contribution in [3.05, 3.63) is 12.3 Å². The fourth-order valence-electron chi connectivity index (χ4n) is 0.946. The maximum atomic E-state index is 5.57. The second-order valence-corrected chi connectivity index (χ2v) is 3.48. The molecule has 5 heteroatoms. The Bertz CT molecular complexity index is 277. The fourth-order valence-corrected chi connectivity index (χ4v) is 1.08. The van der Waals surface area contributed by atoms with E-state index in [-0.39, 0.29) is 0 Å². The lowest BCUT2D eigenvalue weighted by Gasteiger charge is -2.11. The highest BCUT2D eigenvalue weighted by Crippen LogP contribution is 2.07. The van der Waals surface area contributed by atoms with Crippen molar-refractivity contribution < 1.29 is 0 Å². The van der Waals surface area contributed by atoms with Crippen molar-refractivity contribution in [3.63, 3.8) is 0 Å². The maximum Gasteiger partial charge on any atom is 0.226 e. The Morgan fingerprint density at radius 1 is 1.50 bits per heavy atom. The number of rotatable bonds is 5. The number of hydrogen-bond acceptors (Lipinski definition) is 4. The van der Waals surface area contributed by atoms with Crippen LogP contribution in [0.25, 0.3) is 0 Å². The molecule has 1 heterocycles. The van der Waals surface area contributed by atoms with Crippen LogP contribution in [-0.2, 0) is 0 Å². The minimum absolute atomic E-state index is 0.665. The lowest BCUT2D eigenvalue weighted by atomic mass is 10.4. The van der Waals surface area contributed by atoms with Gasteiger partial charge in [-0.3, -0.25) is 0 Å². The second kappa shape index (κ2) is 5.65. The van der Waals surface area contributed by atoms with E-state index in [2.05, 4.69) is 15.3 Å². The lowest BCUT2D eigenvalue weighted by Crippen LogP contribution is -2.14. The van der Waals surface area contributed by atoms with Crippen LogP contribution in [0.3, 0.4) is 0 Å². The largest absolute Gasteiger partial charge is 0.370 e. The molecule has 0 atom stereocenters. The van der Waals surface area contributed by atoms with Crippen LogP contribution in [0.2, 0.25) is 0 Å². The van der Waals surface area contributed by atoms with Crippen LogP contribution >= 0.6 is 11.6 Å². The van der Waals surface area contributed by atoms with E-state index in [0.717, 1.165) is 18.8 Å². The summed E-state index contributed by atoms with van der Waals surface area (Å²) in [4.78, 5) is 10.3. The van der Waals surface area contributed by atoms with Gasteiger partial charge in [-0.25, -0.2) is 4.98 Å². The molecule has 0 aromatic carbocycles. The Morgan fingerprint density at radius 2 is 2.29 bits per heavy atom. The third-order valence-electron chi connectivity index (χ3n) is 1.66. The second-order valence-electron chi connectivity index (χ2n) is 3.11. The van der Waals surface area contributed by atoms with E-state index in [9.17, 15) is 0 Å². The van der Waals surface area contributed by atoms with E-state index in [1.807, 2.05) is 25.1 Å². The van der Waals surface area contributed by atoms with E-state index >= 15 is 0 Å². The summed E-state index contributed by atoms with van der Waals surface area (Å²) in [5.41, 5.74) is 0. The SMILES string of the molecule is CN(C)c1nccc(NCCCCl)n1. The quantitative estimate of drug-likeness (QED) is 0.597. The molecule has 0 aliphatic carbocycles. The first-order valence-electron chi connectivity index (χ1n) is 4.54. The molecule has 0 fully saturated rings. The van der Waals surface area contributed by atoms with Crippen molar-refractivity contribution >= 4 is 23.4 Å². The molecule has 78 valence electrons. The van der Waals surface area contributed by atoms with E-state index in [4.69, 9.17) is 11.6 Å². The molecule has 0 radical (unpaired) electrons. The van der Waals surface area contributed by atoms with Gasteiger partial charge in [0.2, 0.25) is 5.95 Å². The van der Waals surface area contributed by atoms with Crippen LogP contribution in [0.4, 0.5) is 11.8 Å². The Balaban J connectivity index is 2.55. The fraction of sp³-hybridized carbons (Fsp3) is 0.556. The number of alkyl halides is 1. The molecule has 0 unspecified atom stereocenters. The zero-order valence-corrected chi connectivity index (χ0v) is 9.25. The van der Waals surface area contributed by atoms with Crippen LogP contribution in [0.15, 0.2) is 12.3 Å². The lowest BCUT2D eigenvalue weighted by molar-refractivity contribution is 0.954. The van der Waals surface area contributed by atoms with Crippen LogP contribution in [-0.4, -0.2) is 36.5 Å². The third-order valence-corrected chi connectivity index (χ3v) is 1.93. The molecule has 0 amide bonds. The molecule has 0 saturated heterocycles. The van der Waals surface area contributed by atoms with E-state index < -0.39 is 0 Å². The van der Waals surface area contributed by atoms with Gasteiger partial charge in [0.25, 0.3) is 0 Å². The summed E-state index contributed by atoms with van der Waals surface area (Å²) >= 11 is 5.57. The van der Waals surface area contributed by atoms with Gasteiger partial charge in [0.15, 0.2) is 0 Å². The topological polar surface area (TPSA) is 41.1 Å². The van der Waals surface area contributed by atoms with Gasteiger partial charge in [-0.2, -0.15) is 4.98 Å². The molecule has 1 rings (SSSR count). The maximum absolute atomic E-state index is 5.57. The van der Waals surface area contributed by atoms with Gasteiger partial charge in [-0.15, -0.1) is 11.6 Å². The Labute approximate surface area is 89.3 Å². The first-order valence-corrected chi connectivity index (χ1v) is 5.07. The van der Waals surface area contributed by atoms with Gasteiger partial charge in [-0.1, -0.05) is 0 Å². The first-order chi connectivity index (χ1) is 6.74. The predicted octanol–water partition coefficient (Wildman–Crippen LogP) is 1.58. The highest BCUT2D eigenvalue weighted by atomic mass is 35.5. The first kappa shape index (κ1) is 11.0. The Morgan fingerprint density at radius 3 is 2.93 bits per heavy atom. The van der Waals surface area contributed by atoms with Gasteiger partial charge in [0, 0.05) is 32.7 Å². The van der Waals surface area contributed by atoms with Gasteiger partial charge >= 0.3 is 0 Å². The standard InChI is InChI=1S/C9H15ClN4/c1-14(2)9-12-7-4-8(13-9)11-6-3-5-10/h4,7H,3,5-6H2,1-2H3,(H,11,12,13). The number of nitrogens with zero attached hydrogens (tertiary/aromatic N) is 3. The summed E-state index contributed by atoms with van der Waals surface area (Å²) in [5.74, 6) is 2.22. The monoisotopic (exact) mass is 214 g/mol. The number of aromatic nitrogens is 2. The predicted molar refractivity (Wildman–Crippen MR) is 60.2 cm³/mol. The third kappa shape index (κ3) is 3.38. The minimum Gasteiger partial charge on any atom is -0.370 e. The molecule has 1 N–H and O–H groups in total. The van der Waals surface area contributed by atoms with Gasteiger partial charge in [0.1, 0.15) is 5.82 Å². The Kier molecular flexibility index (Phi) is 4.46. The molecule has 14 heavy (non-hydrogen) atoms. The van der Waals surface area contributed by atoms with E-state index in [0.29, 0.717) is 11.8 Å². The highest BCUT2D eigenvalue weighted by molar-refractivity contribution is 6.17. The van der Waals surface area contributed by atoms with Crippen molar-refractivity contribution in [2.24, 2.45) is 0 Å². The van der Waals surface area contributed by atoms with Crippen molar-refractivity contribution in [2.45, 2.75) is 6.42 Å². The zero-order chi connectivity index (χ0) is 10.4. The minimum atomic E-state index is 0.665. The normalized spacial score (nSPS) is 9.93. The Hall–Kier alpha value is -1.03. The van der Waals surface area contributed by atoms with Crippen molar-refractivity contribution in [1.29, 1.82) is 0 Å². The summed E-state index contributed by atoms with van der Waals surface area (Å²) in [6.07, 6.45) is 2.67. The number of anilines is 2. The van der Waals surface area contributed by atoms with E-state index in [1.54, 1.807) is 6.20 Å². The van der Waals surface area contributed by atoms with Crippen molar-refractivity contribution in [2.75, 3.05) is 36.7 Å². The van der Waals surface area contributed by atoms with Crippen LogP contribution in [0, 0.1) is 0 Å². The molecule has 0 aliphatic heterocycles. The number of hydrogen-bond donors (Lipinski definition) is 1. The summed E-state index contributed by atoms with van der Waals surface area (Å²) < 4.78 is 0. The van der Waals surface area contributed by atoms with Crippen LogP contribution in [0.5, 0.6) is 0 Å². The summed E-state index contributed by atoms with van der Waals surface area (Å²) in [6.45, 7) is 0.841. The molecule has 0 spiro atoms. The molecule has 1 aromatic rings. The van der Waals surface area contributed by atoms with E-state index in [1.165, 1.54) is 0 Å². The van der Waals surface area contributed by atoms with Gasteiger partial charge in [0.05, 0.1) is 0 Å². The van der Waals surface area contributed by atoms with Crippen LogP contribution in [0.1, 0.15) is 6.42 Å². The average molecular weight is 215 g/mol. The van der Waals surface area contributed by atoms with Gasteiger partial charge < -0.3 is 10.2 Å². The molecule has 4 nitrogen and oxygen atoms in total. The van der Waals surface area contributed by atoms with Crippen molar-refractivity contribution in [3.8, 4) is 0 Å². The highest BCUT2D eigenvalue weighted by Gasteiger charge is 1.99. The number of halogens is 1. The molecule has 0 bridgehead atoms. The van der Waals surface area contributed by atoms with Gasteiger partial charge in [-0.05, 0) is 12.5 Å². The molecule has 0 aliphatic rings. The smallest absolute Gasteiger partial charge is 0.226 e.